The van der Waals surface area contributed by atoms with Crippen LogP contribution in [0, 0.1) is 0 Å². The molecule has 34 heavy (non-hydrogen) atoms. The number of hydrogen-bond acceptors (Lipinski definition) is 6. The van der Waals surface area contributed by atoms with Gasteiger partial charge in [-0.2, -0.15) is 0 Å². The van der Waals surface area contributed by atoms with E-state index in [2.05, 4.69) is 4.89 Å². The van der Waals surface area contributed by atoms with E-state index in [1.807, 2.05) is 0 Å². The lowest BCUT2D eigenvalue weighted by Gasteiger charge is -2.13. The molecule has 0 bridgehead atoms. The van der Waals surface area contributed by atoms with Gasteiger partial charge < -0.3 is 0 Å². The first-order chi connectivity index (χ1) is 16.6. The molecule has 0 aliphatic carbocycles. The third kappa shape index (κ3) is 4.81. The molecule has 0 unspecified atom stereocenters. The molecule has 0 spiro atoms. The maximum atomic E-state index is 13.4. The van der Waals surface area contributed by atoms with E-state index in [0.717, 1.165) is 0 Å². The van der Waals surface area contributed by atoms with E-state index in [-0.39, 0.29) is 27.8 Å². The van der Waals surface area contributed by atoms with Crippen molar-refractivity contribution in [1.82, 2.24) is 0 Å². The fraction of sp³-hybridized carbons (Fsp3) is 0. The predicted octanol–water partition coefficient (Wildman–Crippen LogP) is 5.08. The lowest BCUT2D eigenvalue weighted by molar-refractivity contribution is -0.187. The van der Waals surface area contributed by atoms with Crippen LogP contribution in [0.2, 0.25) is 0 Å². The van der Waals surface area contributed by atoms with Crippen molar-refractivity contribution in [2.24, 2.45) is 0 Å². The molecule has 4 aromatic carbocycles. The summed E-state index contributed by atoms with van der Waals surface area (Å²) in [5.41, 5.74) is 0.518. The van der Waals surface area contributed by atoms with Crippen LogP contribution in [0.1, 0.15) is 52.6 Å². The molecule has 4 aromatic rings. The molecule has 0 saturated carbocycles. The average Bonchev–Trinajstić information content (AvgIpc) is 2.91. The van der Waals surface area contributed by atoms with Crippen LogP contribution in [0.5, 0.6) is 0 Å². The summed E-state index contributed by atoms with van der Waals surface area (Å²) in [4.78, 5) is 61.1. The summed E-state index contributed by atoms with van der Waals surface area (Å²) < 4.78 is 0. The molecule has 0 aromatic heterocycles. The summed E-state index contributed by atoms with van der Waals surface area (Å²) in [7, 11) is 0. The maximum Gasteiger partial charge on any atom is 0.387 e. The van der Waals surface area contributed by atoms with Crippen molar-refractivity contribution in [3.8, 4) is 0 Å². The van der Waals surface area contributed by atoms with E-state index in [1.54, 1.807) is 78.9 Å². The lowest BCUT2D eigenvalue weighted by Crippen LogP contribution is -2.19. The van der Waals surface area contributed by atoms with Gasteiger partial charge in [-0.05, 0) is 18.2 Å². The molecule has 0 radical (unpaired) electrons. The highest BCUT2D eigenvalue weighted by Gasteiger charge is 2.27. The third-order valence-corrected chi connectivity index (χ3v) is 5.03. The minimum Gasteiger partial charge on any atom is -0.289 e. The third-order valence-electron chi connectivity index (χ3n) is 5.03. The lowest BCUT2D eigenvalue weighted by atomic mass is 9.89. The van der Waals surface area contributed by atoms with E-state index in [1.165, 1.54) is 30.3 Å². The summed E-state index contributed by atoms with van der Waals surface area (Å²) in [6.07, 6.45) is 0. The van der Waals surface area contributed by atoms with Gasteiger partial charge in [-0.3, -0.25) is 9.59 Å². The number of hydrogen-bond donors (Lipinski definition) is 0. The Labute approximate surface area is 195 Å². The normalized spacial score (nSPS) is 10.2. The van der Waals surface area contributed by atoms with Crippen LogP contribution in [0.4, 0.5) is 0 Å². The summed E-state index contributed by atoms with van der Waals surface area (Å²) in [5.74, 6) is -2.93. The zero-order valence-corrected chi connectivity index (χ0v) is 17.8. The number of rotatable bonds is 6. The summed E-state index contributed by atoms with van der Waals surface area (Å²) in [5, 5.41) is 0. The smallest absolute Gasteiger partial charge is 0.289 e. The topological polar surface area (TPSA) is 86.7 Å². The minimum atomic E-state index is -1.08. The Bertz CT molecular complexity index is 1350. The molecule has 166 valence electrons. The molecule has 6 nitrogen and oxygen atoms in total. The Kier molecular flexibility index (Phi) is 6.70. The van der Waals surface area contributed by atoms with Crippen LogP contribution in [0.25, 0.3) is 0 Å². The zero-order chi connectivity index (χ0) is 23.9. The van der Waals surface area contributed by atoms with E-state index < -0.39 is 23.5 Å². The second kappa shape index (κ2) is 10.2. The fourth-order valence-corrected chi connectivity index (χ4v) is 3.38. The minimum absolute atomic E-state index is 0.0314. The molecule has 0 fully saturated rings. The van der Waals surface area contributed by atoms with Crippen molar-refractivity contribution in [3.63, 3.8) is 0 Å². The van der Waals surface area contributed by atoms with Crippen LogP contribution in [0.15, 0.2) is 109 Å². The zero-order valence-electron chi connectivity index (χ0n) is 17.8. The highest BCUT2D eigenvalue weighted by Crippen LogP contribution is 2.23. The number of benzene rings is 4. The summed E-state index contributed by atoms with van der Waals surface area (Å²) in [6, 6.07) is 28.9. The molecule has 0 atom stereocenters. The van der Waals surface area contributed by atoms with Gasteiger partial charge in [0.25, 0.3) is 0 Å². The van der Waals surface area contributed by atoms with Crippen molar-refractivity contribution < 1.29 is 29.0 Å². The van der Waals surface area contributed by atoms with Gasteiger partial charge in [0.2, 0.25) is 0 Å². The molecule has 0 aliphatic heterocycles. The van der Waals surface area contributed by atoms with Gasteiger partial charge in [0.1, 0.15) is 0 Å². The Morgan fingerprint density at radius 1 is 0.412 bits per heavy atom. The van der Waals surface area contributed by atoms with Gasteiger partial charge in [0.15, 0.2) is 11.6 Å². The van der Waals surface area contributed by atoms with Gasteiger partial charge in [-0.15, -0.1) is 0 Å². The molecular weight excluding hydrogens is 432 g/mol. The molecular formula is C28H18O6. The van der Waals surface area contributed by atoms with E-state index in [0.29, 0.717) is 5.56 Å². The fourth-order valence-electron chi connectivity index (χ4n) is 3.38. The first kappa shape index (κ1) is 22.4. The molecule has 0 saturated heterocycles. The van der Waals surface area contributed by atoms with Crippen molar-refractivity contribution in [3.05, 3.63) is 143 Å². The Morgan fingerprint density at radius 2 is 0.853 bits per heavy atom. The van der Waals surface area contributed by atoms with Crippen molar-refractivity contribution in [2.45, 2.75) is 0 Å². The first-order valence-electron chi connectivity index (χ1n) is 10.4. The van der Waals surface area contributed by atoms with Crippen LogP contribution in [0.3, 0.4) is 0 Å². The molecule has 6 heteroatoms. The summed E-state index contributed by atoms with van der Waals surface area (Å²) in [6.45, 7) is 0. The number of carbonyl (C=O) groups excluding carboxylic acids is 4. The molecule has 4 rings (SSSR count). The van der Waals surface area contributed by atoms with Crippen LogP contribution < -0.4 is 0 Å². The van der Waals surface area contributed by atoms with Gasteiger partial charge in [-0.25, -0.2) is 19.4 Å². The molecule has 0 amide bonds. The first-order valence-corrected chi connectivity index (χ1v) is 10.4. The average molecular weight is 450 g/mol. The van der Waals surface area contributed by atoms with Crippen molar-refractivity contribution in [1.29, 1.82) is 0 Å². The van der Waals surface area contributed by atoms with Gasteiger partial charge in [0.05, 0.1) is 11.1 Å². The van der Waals surface area contributed by atoms with E-state index in [9.17, 15) is 19.2 Å². The Morgan fingerprint density at radius 3 is 1.41 bits per heavy atom. The van der Waals surface area contributed by atoms with Crippen molar-refractivity contribution in [2.75, 3.05) is 0 Å². The van der Waals surface area contributed by atoms with Gasteiger partial charge >= 0.3 is 11.9 Å². The van der Waals surface area contributed by atoms with Crippen LogP contribution in [-0.2, 0) is 9.78 Å². The van der Waals surface area contributed by atoms with Gasteiger partial charge in [-0.1, -0.05) is 91.0 Å². The van der Waals surface area contributed by atoms with Gasteiger partial charge in [0, 0.05) is 22.3 Å². The molecule has 0 aliphatic rings. The highest BCUT2D eigenvalue weighted by atomic mass is 17.2. The SMILES string of the molecule is O=C(OOC(=O)c1cccc(C(=O)c2ccccc2)c1C(=O)c1ccccc1)c1ccccc1. The quantitative estimate of drug-likeness (QED) is 0.231. The van der Waals surface area contributed by atoms with E-state index in [4.69, 9.17) is 4.89 Å². The van der Waals surface area contributed by atoms with Crippen LogP contribution >= 0.6 is 0 Å². The molecule has 0 N–H and O–H groups in total. The van der Waals surface area contributed by atoms with Crippen LogP contribution in [-0.4, -0.2) is 23.5 Å². The number of ketones is 2. The molecule has 0 heterocycles. The Hall–Kier alpha value is -4.84. The Balaban J connectivity index is 1.71. The summed E-state index contributed by atoms with van der Waals surface area (Å²) >= 11 is 0. The maximum absolute atomic E-state index is 13.4. The largest absolute Gasteiger partial charge is 0.387 e. The number of carbonyl (C=O) groups is 4. The standard InChI is InChI=1S/C28H18O6/c29-25(19-11-4-1-5-12-19)22-17-10-18-23(24(22)26(30)20-13-6-2-7-14-20)28(32)34-33-27(31)21-15-8-3-9-16-21/h1-18H. The monoisotopic (exact) mass is 450 g/mol. The van der Waals surface area contributed by atoms with E-state index >= 15 is 0 Å². The van der Waals surface area contributed by atoms with Crippen molar-refractivity contribution >= 4 is 23.5 Å². The highest BCUT2D eigenvalue weighted by molar-refractivity contribution is 6.22. The predicted molar refractivity (Wildman–Crippen MR) is 123 cm³/mol. The second-order valence-corrected chi connectivity index (χ2v) is 7.23. The second-order valence-electron chi connectivity index (χ2n) is 7.23.